The first kappa shape index (κ1) is 10.1. The average molecular weight is 233 g/mol. The van der Waals surface area contributed by atoms with Gasteiger partial charge in [-0.1, -0.05) is 35.9 Å². The van der Waals surface area contributed by atoms with E-state index in [1.165, 1.54) is 0 Å². The number of rotatable bonds is 2. The zero-order valence-electron chi connectivity index (χ0n) is 8.90. The van der Waals surface area contributed by atoms with Crippen LogP contribution in [-0.4, -0.2) is 5.78 Å². The molecule has 2 heteroatoms. The van der Waals surface area contributed by atoms with Gasteiger partial charge in [-0.05, 0) is 36.8 Å². The predicted molar refractivity (Wildman–Crippen MR) is 64.6 cm³/mol. The van der Waals surface area contributed by atoms with Gasteiger partial charge in [-0.15, -0.1) is 0 Å². The molecule has 0 radical (unpaired) electrons. The van der Waals surface area contributed by atoms with Crippen LogP contribution in [0.5, 0.6) is 0 Å². The summed E-state index contributed by atoms with van der Waals surface area (Å²) in [7, 11) is 0. The van der Waals surface area contributed by atoms with Crippen molar-refractivity contribution in [2.45, 2.75) is 12.8 Å². The highest BCUT2D eigenvalue weighted by molar-refractivity contribution is 6.31. The number of benzene rings is 1. The topological polar surface area (TPSA) is 17.1 Å². The lowest BCUT2D eigenvalue weighted by Crippen LogP contribution is -2.19. The molecule has 0 N–H and O–H groups in total. The van der Waals surface area contributed by atoms with Crippen molar-refractivity contribution in [1.29, 1.82) is 0 Å². The third-order valence-corrected chi connectivity index (χ3v) is 4.01. The molecule has 3 atom stereocenters. The molecule has 2 bridgehead atoms. The fraction of sp³-hybridized carbons (Fsp3) is 0.357. The molecule has 3 rings (SSSR count). The van der Waals surface area contributed by atoms with Crippen molar-refractivity contribution < 1.29 is 4.79 Å². The van der Waals surface area contributed by atoms with Crippen molar-refractivity contribution in [3.05, 3.63) is 47.0 Å². The summed E-state index contributed by atoms with van der Waals surface area (Å²) in [6, 6.07) is 7.30. The maximum absolute atomic E-state index is 12.4. The maximum Gasteiger partial charge on any atom is 0.167 e. The van der Waals surface area contributed by atoms with E-state index in [1.54, 1.807) is 12.1 Å². The highest BCUT2D eigenvalue weighted by atomic mass is 35.5. The Morgan fingerprint density at radius 3 is 2.44 bits per heavy atom. The number of hydrogen-bond donors (Lipinski definition) is 0. The Balaban J connectivity index is 1.89. The number of ketones is 1. The van der Waals surface area contributed by atoms with Crippen LogP contribution in [0.1, 0.15) is 23.2 Å². The normalized spacial score (nSPS) is 30.9. The van der Waals surface area contributed by atoms with Crippen LogP contribution in [0.2, 0.25) is 5.02 Å². The number of halogens is 1. The van der Waals surface area contributed by atoms with Crippen molar-refractivity contribution in [2.75, 3.05) is 0 Å². The Labute approximate surface area is 100 Å². The van der Waals surface area contributed by atoms with E-state index in [4.69, 9.17) is 11.6 Å². The van der Waals surface area contributed by atoms with Crippen LogP contribution in [0.3, 0.4) is 0 Å². The lowest BCUT2D eigenvalue weighted by atomic mass is 9.88. The molecule has 0 amide bonds. The second-order valence-corrected chi connectivity index (χ2v) is 5.13. The van der Waals surface area contributed by atoms with Gasteiger partial charge >= 0.3 is 0 Å². The van der Waals surface area contributed by atoms with E-state index in [0.29, 0.717) is 16.9 Å². The maximum atomic E-state index is 12.4. The molecule has 1 saturated carbocycles. The summed E-state index contributed by atoms with van der Waals surface area (Å²) in [4.78, 5) is 12.4. The minimum absolute atomic E-state index is 0.179. The summed E-state index contributed by atoms with van der Waals surface area (Å²) in [6.07, 6.45) is 6.75. The molecule has 1 aromatic rings. The smallest absolute Gasteiger partial charge is 0.167 e. The second kappa shape index (κ2) is 3.74. The largest absolute Gasteiger partial charge is 0.294 e. The van der Waals surface area contributed by atoms with Gasteiger partial charge in [0.1, 0.15) is 0 Å². The highest BCUT2D eigenvalue weighted by Crippen LogP contribution is 2.45. The van der Waals surface area contributed by atoms with Crippen LogP contribution in [0.15, 0.2) is 36.4 Å². The Bertz CT molecular complexity index is 450. The molecule has 2 aliphatic rings. The molecule has 1 unspecified atom stereocenters. The summed E-state index contributed by atoms with van der Waals surface area (Å²) in [5.41, 5.74) is 0.762. The Morgan fingerprint density at radius 1 is 1.19 bits per heavy atom. The number of carbonyl (C=O) groups is 1. The molecule has 1 aromatic carbocycles. The monoisotopic (exact) mass is 232 g/mol. The lowest BCUT2D eigenvalue weighted by molar-refractivity contribution is 0.0893. The van der Waals surface area contributed by atoms with E-state index in [9.17, 15) is 4.79 Å². The Kier molecular flexibility index (Phi) is 2.36. The molecule has 0 heterocycles. The zero-order valence-corrected chi connectivity index (χ0v) is 9.65. The molecule has 0 saturated heterocycles. The van der Waals surface area contributed by atoms with Gasteiger partial charge in [0.2, 0.25) is 0 Å². The molecule has 0 aromatic heterocycles. The van der Waals surface area contributed by atoms with E-state index in [-0.39, 0.29) is 11.7 Å². The van der Waals surface area contributed by atoms with Crippen molar-refractivity contribution in [3.8, 4) is 0 Å². The van der Waals surface area contributed by atoms with E-state index in [1.807, 2.05) is 12.1 Å². The lowest BCUT2D eigenvalue weighted by Gasteiger charge is -2.14. The summed E-state index contributed by atoms with van der Waals surface area (Å²) in [5.74, 6) is 1.38. The molecule has 16 heavy (non-hydrogen) atoms. The van der Waals surface area contributed by atoms with Gasteiger partial charge in [0.25, 0.3) is 0 Å². The van der Waals surface area contributed by atoms with Crippen LogP contribution in [-0.2, 0) is 0 Å². The van der Waals surface area contributed by atoms with Crippen LogP contribution in [0, 0.1) is 17.8 Å². The number of fused-ring (bicyclic) bond motifs is 2. The molecular weight excluding hydrogens is 220 g/mol. The van der Waals surface area contributed by atoms with Gasteiger partial charge in [-0.2, -0.15) is 0 Å². The molecule has 2 aliphatic carbocycles. The molecule has 1 fully saturated rings. The summed E-state index contributed by atoms with van der Waals surface area (Å²) < 4.78 is 0. The molecule has 1 nitrogen and oxygen atoms in total. The van der Waals surface area contributed by atoms with Crippen LogP contribution < -0.4 is 0 Å². The average Bonchev–Trinajstić information content (AvgIpc) is 2.87. The first-order chi connectivity index (χ1) is 7.75. The standard InChI is InChI=1S/C14H13ClO/c15-12-3-1-2-11(8-12)14(16)13-9-4-5-10(13)7-6-9/h1-5,8-10,13H,6-7H2/t9-,10+,13?. The van der Waals surface area contributed by atoms with Crippen LogP contribution in [0.4, 0.5) is 0 Å². The fourth-order valence-corrected chi connectivity index (χ4v) is 3.19. The van der Waals surface area contributed by atoms with Gasteiger partial charge in [0, 0.05) is 16.5 Å². The van der Waals surface area contributed by atoms with E-state index in [0.717, 1.165) is 18.4 Å². The molecule has 82 valence electrons. The Morgan fingerprint density at radius 2 is 1.88 bits per heavy atom. The quantitative estimate of drug-likeness (QED) is 0.561. The summed E-state index contributed by atoms with van der Waals surface area (Å²) in [5, 5.41) is 0.643. The van der Waals surface area contributed by atoms with Gasteiger partial charge in [0.05, 0.1) is 0 Å². The number of carbonyl (C=O) groups excluding carboxylic acids is 1. The third-order valence-electron chi connectivity index (χ3n) is 3.77. The fourth-order valence-electron chi connectivity index (χ4n) is 3.00. The van der Waals surface area contributed by atoms with Crippen molar-refractivity contribution in [3.63, 3.8) is 0 Å². The SMILES string of the molecule is O=C(c1cccc(Cl)c1)C1[C@@H]2C=C[C@H]1CC2. The first-order valence-electron chi connectivity index (χ1n) is 5.74. The van der Waals surface area contributed by atoms with Crippen LogP contribution >= 0.6 is 11.6 Å². The first-order valence-corrected chi connectivity index (χ1v) is 6.11. The van der Waals surface area contributed by atoms with Gasteiger partial charge in [-0.25, -0.2) is 0 Å². The summed E-state index contributed by atoms with van der Waals surface area (Å²) >= 11 is 5.92. The zero-order chi connectivity index (χ0) is 11.1. The minimum Gasteiger partial charge on any atom is -0.294 e. The Hall–Kier alpha value is -1.08. The second-order valence-electron chi connectivity index (χ2n) is 4.69. The van der Waals surface area contributed by atoms with Crippen molar-refractivity contribution in [1.82, 2.24) is 0 Å². The number of allylic oxidation sites excluding steroid dienone is 2. The van der Waals surface area contributed by atoms with Gasteiger partial charge < -0.3 is 0 Å². The number of Topliss-reactive ketones (excluding diaryl/α,β-unsaturated/α-hetero) is 1. The highest BCUT2D eigenvalue weighted by Gasteiger charge is 2.42. The third kappa shape index (κ3) is 1.51. The summed E-state index contributed by atoms with van der Waals surface area (Å²) in [6.45, 7) is 0. The van der Waals surface area contributed by atoms with Gasteiger partial charge in [-0.3, -0.25) is 4.79 Å². The molecule has 0 aliphatic heterocycles. The van der Waals surface area contributed by atoms with E-state index in [2.05, 4.69) is 12.2 Å². The van der Waals surface area contributed by atoms with Crippen molar-refractivity contribution in [2.24, 2.45) is 17.8 Å². The molecular formula is C14H13ClO. The van der Waals surface area contributed by atoms with Crippen molar-refractivity contribution >= 4 is 17.4 Å². The van der Waals surface area contributed by atoms with E-state index < -0.39 is 0 Å². The van der Waals surface area contributed by atoms with E-state index >= 15 is 0 Å². The van der Waals surface area contributed by atoms with Gasteiger partial charge in [0.15, 0.2) is 5.78 Å². The van der Waals surface area contributed by atoms with Crippen LogP contribution in [0.25, 0.3) is 0 Å². The predicted octanol–water partition coefficient (Wildman–Crippen LogP) is 3.73. The minimum atomic E-state index is 0.179. The molecule has 0 spiro atoms. The number of hydrogen-bond acceptors (Lipinski definition) is 1.